The molecular weight excluding hydrogens is 334 g/mol. The number of nitrogens with zero attached hydrogens (tertiary/aromatic N) is 3. The third-order valence-electron chi connectivity index (χ3n) is 2.83. The van der Waals surface area contributed by atoms with E-state index in [0.717, 1.165) is 0 Å². The summed E-state index contributed by atoms with van der Waals surface area (Å²) in [6.07, 6.45) is 1.88. The Labute approximate surface area is 143 Å². The number of hydrogen-bond acceptors (Lipinski definition) is 6. The van der Waals surface area contributed by atoms with Gasteiger partial charge < -0.3 is 4.74 Å². The molecule has 1 heterocycles. The van der Waals surface area contributed by atoms with Crippen LogP contribution in [0, 0.1) is 6.92 Å². The van der Waals surface area contributed by atoms with Crippen LogP contribution in [0.5, 0.6) is 5.75 Å². The SMILES string of the molecule is CCOc1cccc(C(=O)NC(=S)Nn2c(C)nnc2SC)c1. The van der Waals surface area contributed by atoms with Crippen molar-refractivity contribution < 1.29 is 9.53 Å². The number of thiocarbonyl (C=S) groups is 1. The van der Waals surface area contributed by atoms with Crippen molar-refractivity contribution in [3.05, 3.63) is 35.7 Å². The lowest BCUT2D eigenvalue weighted by atomic mass is 10.2. The molecule has 0 atom stereocenters. The molecule has 1 amide bonds. The molecule has 0 saturated heterocycles. The fraction of sp³-hybridized carbons (Fsp3) is 0.286. The van der Waals surface area contributed by atoms with Crippen LogP contribution >= 0.6 is 24.0 Å². The molecule has 0 saturated carbocycles. The monoisotopic (exact) mass is 351 g/mol. The Kier molecular flexibility index (Phi) is 5.94. The van der Waals surface area contributed by atoms with E-state index in [4.69, 9.17) is 17.0 Å². The van der Waals surface area contributed by atoms with Crippen molar-refractivity contribution in [3.63, 3.8) is 0 Å². The predicted octanol–water partition coefficient (Wildman–Crippen LogP) is 1.97. The fourth-order valence-electron chi connectivity index (χ4n) is 1.80. The third-order valence-corrected chi connectivity index (χ3v) is 3.65. The number of thioether (sulfide) groups is 1. The van der Waals surface area contributed by atoms with E-state index in [1.165, 1.54) is 11.8 Å². The molecule has 0 unspecified atom stereocenters. The van der Waals surface area contributed by atoms with Gasteiger partial charge in [-0.25, -0.2) is 4.68 Å². The molecule has 2 aromatic rings. The maximum absolute atomic E-state index is 12.2. The first kappa shape index (κ1) is 17.2. The van der Waals surface area contributed by atoms with Crippen molar-refractivity contribution >= 4 is 35.0 Å². The molecule has 2 N–H and O–H groups in total. The van der Waals surface area contributed by atoms with Gasteiger partial charge in [0.25, 0.3) is 5.91 Å². The first-order valence-electron chi connectivity index (χ1n) is 6.86. The van der Waals surface area contributed by atoms with Crippen molar-refractivity contribution in [1.29, 1.82) is 0 Å². The largest absolute Gasteiger partial charge is 0.494 e. The lowest BCUT2D eigenvalue weighted by molar-refractivity contribution is 0.0977. The number of carbonyl (C=O) groups excluding carboxylic acids is 1. The van der Waals surface area contributed by atoms with Crippen molar-refractivity contribution in [3.8, 4) is 5.75 Å². The molecule has 0 radical (unpaired) electrons. The Hall–Kier alpha value is -2.13. The molecule has 1 aromatic heterocycles. The van der Waals surface area contributed by atoms with Crippen LogP contribution in [0.3, 0.4) is 0 Å². The highest BCUT2D eigenvalue weighted by molar-refractivity contribution is 7.98. The quantitative estimate of drug-likeness (QED) is 0.629. The molecule has 0 fully saturated rings. The van der Waals surface area contributed by atoms with Crippen LogP contribution in [0.2, 0.25) is 0 Å². The number of ether oxygens (including phenoxy) is 1. The Bertz CT molecular complexity index is 717. The maximum atomic E-state index is 12.2. The minimum Gasteiger partial charge on any atom is -0.494 e. The molecule has 9 heteroatoms. The molecule has 0 aliphatic heterocycles. The number of carbonyl (C=O) groups is 1. The molecule has 7 nitrogen and oxygen atoms in total. The van der Waals surface area contributed by atoms with E-state index in [1.807, 2.05) is 13.2 Å². The van der Waals surface area contributed by atoms with E-state index in [9.17, 15) is 4.79 Å². The van der Waals surface area contributed by atoms with Gasteiger partial charge in [0.15, 0.2) is 5.11 Å². The van der Waals surface area contributed by atoms with Gasteiger partial charge in [0.05, 0.1) is 6.61 Å². The van der Waals surface area contributed by atoms with E-state index in [1.54, 1.807) is 35.9 Å². The Morgan fingerprint density at radius 3 is 2.91 bits per heavy atom. The summed E-state index contributed by atoms with van der Waals surface area (Å²) in [7, 11) is 0. The normalized spacial score (nSPS) is 10.2. The van der Waals surface area contributed by atoms with E-state index in [-0.39, 0.29) is 11.0 Å². The van der Waals surface area contributed by atoms with Gasteiger partial charge >= 0.3 is 0 Å². The van der Waals surface area contributed by atoms with E-state index < -0.39 is 0 Å². The minimum atomic E-state index is -0.319. The summed E-state index contributed by atoms with van der Waals surface area (Å²) in [4.78, 5) is 12.2. The summed E-state index contributed by atoms with van der Waals surface area (Å²) >= 11 is 6.59. The number of amides is 1. The summed E-state index contributed by atoms with van der Waals surface area (Å²) in [5.74, 6) is 0.961. The van der Waals surface area contributed by atoms with Crippen molar-refractivity contribution in [2.24, 2.45) is 0 Å². The van der Waals surface area contributed by atoms with Crippen LogP contribution < -0.4 is 15.5 Å². The molecule has 0 aliphatic rings. The van der Waals surface area contributed by atoms with Gasteiger partial charge in [0.1, 0.15) is 11.6 Å². The van der Waals surface area contributed by atoms with Gasteiger partial charge in [-0.15, -0.1) is 10.2 Å². The van der Waals surface area contributed by atoms with Crippen molar-refractivity contribution in [2.75, 3.05) is 18.3 Å². The zero-order chi connectivity index (χ0) is 16.8. The average Bonchev–Trinajstić information content (AvgIpc) is 2.88. The zero-order valence-electron chi connectivity index (χ0n) is 13.0. The third kappa shape index (κ3) is 4.42. The second kappa shape index (κ2) is 7.93. The Morgan fingerprint density at radius 2 is 2.22 bits per heavy atom. The molecule has 0 bridgehead atoms. The van der Waals surface area contributed by atoms with Crippen LogP contribution in [0.25, 0.3) is 0 Å². The van der Waals surface area contributed by atoms with E-state index in [2.05, 4.69) is 20.9 Å². The van der Waals surface area contributed by atoms with Gasteiger partial charge in [-0.05, 0) is 50.5 Å². The smallest absolute Gasteiger partial charge is 0.257 e. The number of aryl methyl sites for hydroxylation is 1. The van der Waals surface area contributed by atoms with Crippen molar-refractivity contribution in [1.82, 2.24) is 20.2 Å². The molecule has 23 heavy (non-hydrogen) atoms. The Morgan fingerprint density at radius 1 is 1.43 bits per heavy atom. The van der Waals surface area contributed by atoms with Gasteiger partial charge in [-0.3, -0.25) is 15.5 Å². The fourth-order valence-corrected chi connectivity index (χ4v) is 2.47. The maximum Gasteiger partial charge on any atom is 0.257 e. The molecule has 1 aromatic carbocycles. The van der Waals surface area contributed by atoms with Gasteiger partial charge in [-0.1, -0.05) is 17.8 Å². The highest BCUT2D eigenvalue weighted by Gasteiger charge is 2.12. The molecular formula is C14H17N5O2S2. The summed E-state index contributed by atoms with van der Waals surface area (Å²) in [6, 6.07) is 6.91. The number of nitrogens with one attached hydrogen (secondary N) is 2. The van der Waals surface area contributed by atoms with E-state index >= 15 is 0 Å². The van der Waals surface area contributed by atoms with Crippen LogP contribution in [-0.2, 0) is 0 Å². The molecule has 0 aliphatic carbocycles. The highest BCUT2D eigenvalue weighted by atomic mass is 32.2. The van der Waals surface area contributed by atoms with Crippen LogP contribution in [0.1, 0.15) is 23.1 Å². The number of aromatic nitrogens is 3. The summed E-state index contributed by atoms with van der Waals surface area (Å²) in [5, 5.41) is 11.4. The lowest BCUT2D eigenvalue weighted by Crippen LogP contribution is -2.38. The van der Waals surface area contributed by atoms with Crippen LogP contribution in [0.15, 0.2) is 29.4 Å². The summed E-state index contributed by atoms with van der Waals surface area (Å²) < 4.78 is 7.00. The Balaban J connectivity index is 2.03. The first-order valence-corrected chi connectivity index (χ1v) is 8.49. The van der Waals surface area contributed by atoms with Crippen LogP contribution in [-0.4, -0.2) is 38.8 Å². The zero-order valence-corrected chi connectivity index (χ0v) is 14.6. The molecule has 122 valence electrons. The molecule has 2 rings (SSSR count). The lowest BCUT2D eigenvalue weighted by Gasteiger charge is -2.12. The van der Waals surface area contributed by atoms with Crippen LogP contribution in [0.4, 0.5) is 0 Å². The standard InChI is InChI=1S/C14H17N5O2S2/c1-4-21-11-7-5-6-10(8-11)12(20)15-13(22)18-19-9(2)16-17-14(19)23-3/h5-8H,4H2,1-3H3,(H2,15,18,20,22). The summed E-state index contributed by atoms with van der Waals surface area (Å²) in [6.45, 7) is 4.21. The number of hydrogen-bond donors (Lipinski definition) is 2. The first-order chi connectivity index (χ1) is 11.0. The second-order valence-corrected chi connectivity index (χ2v) is 5.61. The van der Waals surface area contributed by atoms with Gasteiger partial charge in [0.2, 0.25) is 5.16 Å². The average molecular weight is 351 g/mol. The van der Waals surface area contributed by atoms with Crippen molar-refractivity contribution in [2.45, 2.75) is 19.0 Å². The molecule has 0 spiro atoms. The summed E-state index contributed by atoms with van der Waals surface area (Å²) in [5.41, 5.74) is 3.35. The number of rotatable bonds is 5. The second-order valence-electron chi connectivity index (χ2n) is 4.43. The number of benzene rings is 1. The van der Waals surface area contributed by atoms with Gasteiger partial charge in [0, 0.05) is 5.56 Å². The predicted molar refractivity (Wildman–Crippen MR) is 93.6 cm³/mol. The van der Waals surface area contributed by atoms with Gasteiger partial charge in [-0.2, -0.15) is 0 Å². The van der Waals surface area contributed by atoms with E-state index in [0.29, 0.717) is 28.9 Å². The highest BCUT2D eigenvalue weighted by Crippen LogP contribution is 2.13. The minimum absolute atomic E-state index is 0.162. The topological polar surface area (TPSA) is 81.1 Å².